The number of nitrogens with two attached hydrogens (primary N) is 2. The highest BCUT2D eigenvalue weighted by Gasteiger charge is 1.85. The fourth-order valence-electron chi connectivity index (χ4n) is 0.511. The normalized spacial score (nSPS) is 7.80. The summed E-state index contributed by atoms with van der Waals surface area (Å²) in [7, 11) is 0. The first-order valence-corrected chi connectivity index (χ1v) is 4.20. The first-order valence-electron chi connectivity index (χ1n) is 2.60. The summed E-state index contributed by atoms with van der Waals surface area (Å²) in [5.41, 5.74) is 12.1. The van der Waals surface area contributed by atoms with E-state index in [4.69, 9.17) is 11.5 Å². The van der Waals surface area contributed by atoms with Crippen molar-refractivity contribution in [2.24, 2.45) is 0 Å². The van der Waals surface area contributed by atoms with Crippen molar-refractivity contribution in [3.63, 3.8) is 0 Å². The lowest BCUT2D eigenvalue weighted by Gasteiger charge is -1.94. The second-order valence-electron chi connectivity index (χ2n) is 1.63. The molecule has 0 aliphatic heterocycles. The number of nitrogen functional groups attached to an aromatic ring is 2. The van der Waals surface area contributed by atoms with E-state index < -0.39 is 0 Å². The molecule has 0 unspecified atom stereocenters. The standard InChI is InChI=1S/C6H8N2.H2S2/c7-5-3-1-2-4-6(5)8;1-2/h1-4H,7-8H2;1-2H. The first kappa shape index (κ1) is 9.52. The predicted molar refractivity (Wildman–Crippen MR) is 53.2 cm³/mol. The van der Waals surface area contributed by atoms with Gasteiger partial charge >= 0.3 is 0 Å². The Bertz CT molecular complexity index is 170. The Kier molecular flexibility index (Phi) is 5.06. The molecule has 0 aromatic heterocycles. The van der Waals surface area contributed by atoms with Gasteiger partial charge in [0.1, 0.15) is 0 Å². The molecule has 0 spiro atoms. The highest BCUT2D eigenvalue weighted by atomic mass is 33.1. The molecule has 1 aromatic carbocycles. The lowest BCUT2D eigenvalue weighted by Crippen LogP contribution is -1.91. The molecule has 0 fully saturated rings. The molecule has 0 amide bonds. The van der Waals surface area contributed by atoms with Gasteiger partial charge in [-0.15, -0.1) is 23.3 Å². The molecule has 0 saturated heterocycles. The molecule has 0 aliphatic rings. The van der Waals surface area contributed by atoms with Crippen molar-refractivity contribution >= 4 is 34.7 Å². The van der Waals surface area contributed by atoms with Crippen molar-refractivity contribution in [1.82, 2.24) is 0 Å². The van der Waals surface area contributed by atoms with Crippen molar-refractivity contribution < 1.29 is 0 Å². The average molecular weight is 174 g/mol. The number of benzene rings is 1. The van der Waals surface area contributed by atoms with Crippen LogP contribution in [-0.4, -0.2) is 0 Å². The summed E-state index contributed by atoms with van der Waals surface area (Å²) in [6.45, 7) is 0. The van der Waals surface area contributed by atoms with E-state index in [9.17, 15) is 0 Å². The third kappa shape index (κ3) is 2.89. The zero-order valence-electron chi connectivity index (χ0n) is 5.36. The van der Waals surface area contributed by atoms with Crippen LogP contribution in [0.4, 0.5) is 11.4 Å². The third-order valence-electron chi connectivity index (χ3n) is 0.996. The van der Waals surface area contributed by atoms with E-state index in [0.717, 1.165) is 0 Å². The van der Waals surface area contributed by atoms with Crippen LogP contribution in [0.15, 0.2) is 24.3 Å². The van der Waals surface area contributed by atoms with Crippen LogP contribution in [-0.2, 0) is 0 Å². The van der Waals surface area contributed by atoms with Gasteiger partial charge in [0.2, 0.25) is 0 Å². The SMILES string of the molecule is Nc1ccccc1N.SS. The van der Waals surface area contributed by atoms with Crippen LogP contribution in [0.1, 0.15) is 0 Å². The van der Waals surface area contributed by atoms with E-state index in [-0.39, 0.29) is 0 Å². The zero-order chi connectivity index (χ0) is 7.98. The van der Waals surface area contributed by atoms with Gasteiger partial charge in [0.25, 0.3) is 0 Å². The summed E-state index contributed by atoms with van der Waals surface area (Å²) in [6, 6.07) is 7.25. The van der Waals surface area contributed by atoms with Gasteiger partial charge in [0, 0.05) is 0 Å². The van der Waals surface area contributed by atoms with Gasteiger partial charge in [-0.2, -0.15) is 0 Å². The van der Waals surface area contributed by atoms with Crippen LogP contribution in [0.3, 0.4) is 0 Å². The molecule has 0 saturated carbocycles. The highest BCUT2D eigenvalue weighted by molar-refractivity contribution is 8.59. The van der Waals surface area contributed by atoms with E-state index in [0.29, 0.717) is 11.4 Å². The van der Waals surface area contributed by atoms with E-state index in [1.165, 1.54) is 0 Å². The quantitative estimate of drug-likeness (QED) is 0.274. The van der Waals surface area contributed by atoms with E-state index in [2.05, 4.69) is 23.3 Å². The van der Waals surface area contributed by atoms with Crippen molar-refractivity contribution in [1.29, 1.82) is 0 Å². The Balaban J connectivity index is 0.000000371. The fourth-order valence-corrected chi connectivity index (χ4v) is 0.511. The second-order valence-corrected chi connectivity index (χ2v) is 1.63. The highest BCUT2D eigenvalue weighted by Crippen LogP contribution is 2.10. The minimum absolute atomic E-state index is 0.646. The number of thiol groups is 2. The van der Waals surface area contributed by atoms with Gasteiger partial charge in [0.15, 0.2) is 0 Å². The van der Waals surface area contributed by atoms with Crippen molar-refractivity contribution in [3.8, 4) is 0 Å². The molecular weight excluding hydrogens is 164 g/mol. The zero-order valence-corrected chi connectivity index (χ0v) is 7.15. The second kappa shape index (κ2) is 5.32. The summed E-state index contributed by atoms with van der Waals surface area (Å²) in [6.07, 6.45) is 0. The minimum atomic E-state index is 0.646. The first-order chi connectivity index (χ1) is 4.80. The number of hydrogen-bond acceptors (Lipinski definition) is 4. The van der Waals surface area contributed by atoms with Crippen molar-refractivity contribution in [2.45, 2.75) is 0 Å². The van der Waals surface area contributed by atoms with E-state index >= 15 is 0 Å². The summed E-state index contributed by atoms with van der Waals surface area (Å²) in [4.78, 5) is 0. The maximum atomic E-state index is 5.39. The molecule has 0 heterocycles. The maximum absolute atomic E-state index is 5.39. The Morgan fingerprint density at radius 3 is 1.40 bits per heavy atom. The molecular formula is C6H10N2S2. The van der Waals surface area contributed by atoms with E-state index in [1.807, 2.05) is 12.1 Å². The molecule has 1 aromatic rings. The largest absolute Gasteiger partial charge is 0.397 e. The monoisotopic (exact) mass is 174 g/mol. The van der Waals surface area contributed by atoms with Gasteiger partial charge in [-0.25, -0.2) is 0 Å². The molecule has 0 aliphatic carbocycles. The Hall–Kier alpha value is -0.480. The topological polar surface area (TPSA) is 52.0 Å². The number of rotatable bonds is 0. The van der Waals surface area contributed by atoms with Crippen molar-refractivity contribution in [3.05, 3.63) is 24.3 Å². The van der Waals surface area contributed by atoms with Gasteiger partial charge in [0.05, 0.1) is 11.4 Å². The summed E-state index contributed by atoms with van der Waals surface area (Å²) >= 11 is 6.44. The molecule has 56 valence electrons. The molecule has 4 N–H and O–H groups in total. The lowest BCUT2D eigenvalue weighted by molar-refractivity contribution is 1.67. The van der Waals surface area contributed by atoms with Crippen molar-refractivity contribution in [2.75, 3.05) is 11.5 Å². The van der Waals surface area contributed by atoms with Crippen LogP contribution >= 0.6 is 23.3 Å². The van der Waals surface area contributed by atoms with Crippen LogP contribution < -0.4 is 11.5 Å². The Morgan fingerprint density at radius 1 is 0.900 bits per heavy atom. The summed E-state index contributed by atoms with van der Waals surface area (Å²) in [5.74, 6) is 0. The molecule has 4 heteroatoms. The molecule has 2 nitrogen and oxygen atoms in total. The number of anilines is 2. The predicted octanol–water partition coefficient (Wildman–Crippen LogP) is 1.61. The minimum Gasteiger partial charge on any atom is -0.397 e. The van der Waals surface area contributed by atoms with Gasteiger partial charge in [-0.3, -0.25) is 0 Å². The number of hydrogen-bond donors (Lipinski definition) is 4. The van der Waals surface area contributed by atoms with Crippen LogP contribution in [0, 0.1) is 0 Å². The van der Waals surface area contributed by atoms with Gasteiger partial charge in [-0.1, -0.05) is 12.1 Å². The molecule has 0 bridgehead atoms. The molecule has 0 atom stereocenters. The lowest BCUT2D eigenvalue weighted by atomic mass is 10.3. The van der Waals surface area contributed by atoms with Gasteiger partial charge < -0.3 is 11.5 Å². The smallest absolute Gasteiger partial charge is 0.0547 e. The molecule has 10 heavy (non-hydrogen) atoms. The Labute approximate surface area is 70.8 Å². The van der Waals surface area contributed by atoms with Gasteiger partial charge in [-0.05, 0) is 12.1 Å². The van der Waals surface area contributed by atoms with Crippen LogP contribution in [0.25, 0.3) is 0 Å². The molecule has 1 rings (SSSR count). The van der Waals surface area contributed by atoms with E-state index in [1.54, 1.807) is 12.1 Å². The maximum Gasteiger partial charge on any atom is 0.0547 e. The van der Waals surface area contributed by atoms with Crippen LogP contribution in [0.5, 0.6) is 0 Å². The fraction of sp³-hybridized carbons (Fsp3) is 0. The third-order valence-corrected chi connectivity index (χ3v) is 0.996. The Morgan fingerprint density at radius 2 is 1.20 bits per heavy atom. The average Bonchev–Trinajstić information content (AvgIpc) is 2.00. The summed E-state index contributed by atoms with van der Waals surface area (Å²) < 4.78 is 0. The summed E-state index contributed by atoms with van der Waals surface area (Å²) in [5, 5.41) is 0. The molecule has 0 radical (unpaired) electrons. The van der Waals surface area contributed by atoms with Crippen LogP contribution in [0.2, 0.25) is 0 Å². The number of para-hydroxylation sites is 2.